The van der Waals surface area contributed by atoms with Crippen molar-refractivity contribution in [2.75, 3.05) is 0 Å². The first kappa shape index (κ1) is 15.9. The molecule has 0 saturated carbocycles. The van der Waals surface area contributed by atoms with Gasteiger partial charge in [-0.3, -0.25) is 4.21 Å². The quantitative estimate of drug-likeness (QED) is 0.696. The van der Waals surface area contributed by atoms with Crippen LogP contribution >= 0.6 is 11.6 Å². The summed E-state index contributed by atoms with van der Waals surface area (Å²) in [5.74, 6) is 1.54. The molecular formula is C17H15ClN2O2S. The maximum Gasteiger partial charge on any atom is 0.239 e. The number of nitrogens with zero attached hydrogens (tertiary/aromatic N) is 2. The highest BCUT2D eigenvalue weighted by Gasteiger charge is 2.13. The normalized spacial score (nSPS) is 12.3. The van der Waals surface area contributed by atoms with Gasteiger partial charge < -0.3 is 4.52 Å². The van der Waals surface area contributed by atoms with Crippen LogP contribution < -0.4 is 0 Å². The van der Waals surface area contributed by atoms with Gasteiger partial charge in [0.15, 0.2) is 0 Å². The summed E-state index contributed by atoms with van der Waals surface area (Å²) < 4.78 is 17.5. The van der Waals surface area contributed by atoms with Crippen LogP contribution in [0.4, 0.5) is 0 Å². The van der Waals surface area contributed by atoms with E-state index in [9.17, 15) is 4.21 Å². The Morgan fingerprint density at radius 3 is 2.74 bits per heavy atom. The molecule has 0 unspecified atom stereocenters. The molecule has 0 saturated heterocycles. The summed E-state index contributed by atoms with van der Waals surface area (Å²) in [7, 11) is -1.13. The van der Waals surface area contributed by atoms with Crippen LogP contribution in [0.15, 0.2) is 53.1 Å². The van der Waals surface area contributed by atoms with Gasteiger partial charge in [0.2, 0.25) is 11.7 Å². The number of aryl methyl sites for hydroxylation is 1. The molecule has 118 valence electrons. The van der Waals surface area contributed by atoms with Gasteiger partial charge in [0.25, 0.3) is 0 Å². The molecule has 1 aromatic heterocycles. The Hall–Kier alpha value is -1.98. The van der Waals surface area contributed by atoms with Gasteiger partial charge in [-0.15, -0.1) is 0 Å². The lowest BCUT2D eigenvalue weighted by Gasteiger charge is -2.00. The highest BCUT2D eigenvalue weighted by molar-refractivity contribution is 7.83. The van der Waals surface area contributed by atoms with Crippen molar-refractivity contribution < 1.29 is 8.73 Å². The van der Waals surface area contributed by atoms with Crippen molar-refractivity contribution in [1.29, 1.82) is 0 Å². The summed E-state index contributed by atoms with van der Waals surface area (Å²) in [6, 6.07) is 15.2. The van der Waals surface area contributed by atoms with Crippen LogP contribution in [0.1, 0.15) is 17.0 Å². The Morgan fingerprint density at radius 2 is 1.96 bits per heavy atom. The molecule has 0 fully saturated rings. The minimum Gasteiger partial charge on any atom is -0.338 e. The minimum absolute atomic E-state index is 0.228. The summed E-state index contributed by atoms with van der Waals surface area (Å²) in [6.45, 7) is 1.99. The fraction of sp³-hybridized carbons (Fsp3) is 0.176. The van der Waals surface area contributed by atoms with Gasteiger partial charge in [0.1, 0.15) is 5.75 Å². The molecule has 0 aliphatic rings. The second kappa shape index (κ2) is 7.06. The molecule has 0 amide bonds. The Balaban J connectivity index is 1.69. The van der Waals surface area contributed by atoms with Gasteiger partial charge in [-0.1, -0.05) is 53.2 Å². The first-order valence-corrected chi connectivity index (χ1v) is 8.96. The third-order valence-electron chi connectivity index (χ3n) is 3.36. The topological polar surface area (TPSA) is 56.0 Å². The van der Waals surface area contributed by atoms with Crippen molar-refractivity contribution in [2.24, 2.45) is 0 Å². The molecule has 6 heteroatoms. The van der Waals surface area contributed by atoms with E-state index in [0.717, 1.165) is 16.7 Å². The monoisotopic (exact) mass is 346 g/mol. The van der Waals surface area contributed by atoms with E-state index in [1.807, 2.05) is 49.4 Å². The smallest absolute Gasteiger partial charge is 0.239 e. The molecule has 1 atom stereocenters. The van der Waals surface area contributed by atoms with Gasteiger partial charge in [-0.25, -0.2) is 0 Å². The Bertz CT molecular complexity index is 848. The average Bonchev–Trinajstić information content (AvgIpc) is 2.95. The molecule has 2 aromatic carbocycles. The van der Waals surface area contributed by atoms with Crippen molar-refractivity contribution in [3.63, 3.8) is 0 Å². The molecule has 0 radical (unpaired) electrons. The van der Waals surface area contributed by atoms with E-state index in [4.69, 9.17) is 16.1 Å². The second-order valence-corrected chi connectivity index (χ2v) is 7.08. The third kappa shape index (κ3) is 4.06. The summed E-state index contributed by atoms with van der Waals surface area (Å²) >= 11 is 5.93. The largest absolute Gasteiger partial charge is 0.338 e. The molecule has 4 nitrogen and oxygen atoms in total. The van der Waals surface area contributed by atoms with E-state index < -0.39 is 10.8 Å². The molecular weight excluding hydrogens is 332 g/mol. The maximum atomic E-state index is 12.2. The predicted octanol–water partition coefficient (Wildman–Crippen LogP) is 4.15. The SMILES string of the molecule is Cc1ccccc1-c1noc(C[S@@](=O)Cc2cccc(Cl)c2)n1. The number of halogens is 1. The molecule has 3 rings (SSSR count). The fourth-order valence-corrected chi connectivity index (χ4v) is 3.51. The Morgan fingerprint density at radius 1 is 1.13 bits per heavy atom. The summed E-state index contributed by atoms with van der Waals surface area (Å²) in [4.78, 5) is 4.34. The van der Waals surface area contributed by atoms with Crippen LogP contribution in [0.5, 0.6) is 0 Å². The molecule has 3 aromatic rings. The van der Waals surface area contributed by atoms with E-state index in [0.29, 0.717) is 22.5 Å². The van der Waals surface area contributed by atoms with Crippen LogP contribution in [-0.2, 0) is 22.3 Å². The molecule has 1 heterocycles. The Kier molecular flexibility index (Phi) is 4.88. The highest BCUT2D eigenvalue weighted by Crippen LogP contribution is 2.20. The van der Waals surface area contributed by atoms with Crippen LogP contribution in [0.25, 0.3) is 11.4 Å². The third-order valence-corrected chi connectivity index (χ3v) is 4.81. The van der Waals surface area contributed by atoms with Crippen LogP contribution in [0.2, 0.25) is 5.02 Å². The van der Waals surface area contributed by atoms with E-state index in [2.05, 4.69) is 10.1 Å². The number of aromatic nitrogens is 2. The zero-order valence-corrected chi connectivity index (χ0v) is 14.1. The van der Waals surface area contributed by atoms with Crippen molar-refractivity contribution in [3.05, 3.63) is 70.6 Å². The molecule has 23 heavy (non-hydrogen) atoms. The molecule has 0 aliphatic carbocycles. The van der Waals surface area contributed by atoms with Gasteiger partial charge in [-0.2, -0.15) is 4.98 Å². The molecule has 0 N–H and O–H groups in total. The lowest BCUT2D eigenvalue weighted by Crippen LogP contribution is -2.00. The van der Waals surface area contributed by atoms with Gasteiger partial charge in [-0.05, 0) is 30.2 Å². The lowest BCUT2D eigenvalue weighted by molar-refractivity contribution is 0.390. The predicted molar refractivity (Wildman–Crippen MR) is 91.5 cm³/mol. The van der Waals surface area contributed by atoms with Gasteiger partial charge >= 0.3 is 0 Å². The zero-order valence-electron chi connectivity index (χ0n) is 12.5. The lowest BCUT2D eigenvalue weighted by atomic mass is 10.1. The number of hydrogen-bond acceptors (Lipinski definition) is 4. The molecule has 0 bridgehead atoms. The first-order chi connectivity index (χ1) is 11.1. The average molecular weight is 347 g/mol. The molecule has 0 aliphatic heterocycles. The van der Waals surface area contributed by atoms with E-state index in [1.54, 1.807) is 6.07 Å². The fourth-order valence-electron chi connectivity index (χ4n) is 2.25. The van der Waals surface area contributed by atoms with Crippen molar-refractivity contribution in [2.45, 2.75) is 18.4 Å². The summed E-state index contributed by atoms with van der Waals surface area (Å²) in [6.07, 6.45) is 0. The first-order valence-electron chi connectivity index (χ1n) is 7.10. The number of rotatable bonds is 5. The van der Waals surface area contributed by atoms with Crippen molar-refractivity contribution in [3.8, 4) is 11.4 Å². The second-order valence-electron chi connectivity index (χ2n) is 5.19. The number of benzene rings is 2. The minimum atomic E-state index is -1.13. The zero-order chi connectivity index (χ0) is 16.2. The highest BCUT2D eigenvalue weighted by atomic mass is 35.5. The van der Waals surface area contributed by atoms with E-state index in [1.165, 1.54) is 0 Å². The Labute approximate surface area is 142 Å². The standard InChI is InChI=1S/C17H15ClN2O2S/c1-12-5-2-3-8-15(12)17-19-16(22-20-17)11-23(21)10-13-6-4-7-14(18)9-13/h2-9H,10-11H2,1H3/t23-/m0/s1. The van der Waals surface area contributed by atoms with Crippen LogP contribution in [-0.4, -0.2) is 14.3 Å². The van der Waals surface area contributed by atoms with Crippen LogP contribution in [0.3, 0.4) is 0 Å². The van der Waals surface area contributed by atoms with Crippen molar-refractivity contribution in [1.82, 2.24) is 10.1 Å². The van der Waals surface area contributed by atoms with Gasteiger partial charge in [0.05, 0.1) is 0 Å². The summed E-state index contributed by atoms with van der Waals surface area (Å²) in [5.41, 5.74) is 2.91. The van der Waals surface area contributed by atoms with E-state index >= 15 is 0 Å². The number of hydrogen-bond donors (Lipinski definition) is 0. The van der Waals surface area contributed by atoms with Crippen LogP contribution in [0, 0.1) is 6.92 Å². The maximum absolute atomic E-state index is 12.2. The van der Waals surface area contributed by atoms with Crippen molar-refractivity contribution >= 4 is 22.4 Å². The summed E-state index contributed by atoms with van der Waals surface area (Å²) in [5, 5.41) is 4.62. The molecule has 0 spiro atoms. The van der Waals surface area contributed by atoms with Gasteiger partial charge in [0, 0.05) is 27.1 Å². The van der Waals surface area contributed by atoms with E-state index in [-0.39, 0.29) is 5.75 Å².